The molecule has 17 heavy (non-hydrogen) atoms. The first-order valence-electron chi connectivity index (χ1n) is 5.70. The molecule has 0 fully saturated rings. The first-order valence-corrected chi connectivity index (χ1v) is 5.70. The summed E-state index contributed by atoms with van der Waals surface area (Å²) in [6.07, 6.45) is 0.668. The van der Waals surface area contributed by atoms with Crippen LogP contribution in [0, 0.1) is 11.3 Å². The Bertz CT molecular complexity index is 247. The predicted molar refractivity (Wildman–Crippen MR) is 63.1 cm³/mol. The second kappa shape index (κ2) is 10.0. The van der Waals surface area contributed by atoms with E-state index in [0.717, 1.165) is 0 Å². The molecule has 0 heterocycles. The van der Waals surface area contributed by atoms with Crippen molar-refractivity contribution in [3.05, 3.63) is 0 Å². The first-order chi connectivity index (χ1) is 8.15. The molecule has 0 radical (unpaired) electrons. The van der Waals surface area contributed by atoms with Crippen LogP contribution < -0.4 is 0 Å². The molecule has 0 atom stereocenters. The summed E-state index contributed by atoms with van der Waals surface area (Å²) >= 11 is 0. The maximum absolute atomic E-state index is 11.6. The summed E-state index contributed by atoms with van der Waals surface area (Å²) in [6.45, 7) is 1.88. The smallest absolute Gasteiger partial charge is 0.223 e. The average molecular weight is 243 g/mol. The highest BCUT2D eigenvalue weighted by Crippen LogP contribution is 1.96. The molecule has 0 aromatic carbocycles. The summed E-state index contributed by atoms with van der Waals surface area (Å²) in [5.41, 5.74) is 0. The lowest BCUT2D eigenvalue weighted by Crippen LogP contribution is -2.35. The zero-order valence-electron chi connectivity index (χ0n) is 10.3. The van der Waals surface area contributed by atoms with Crippen molar-refractivity contribution in [2.45, 2.75) is 12.8 Å². The van der Waals surface area contributed by atoms with E-state index in [1.165, 1.54) is 4.90 Å². The molecule has 0 rings (SSSR count). The Morgan fingerprint density at radius 1 is 1.18 bits per heavy atom. The minimum atomic E-state index is -0.0267. The second-order valence-electron chi connectivity index (χ2n) is 3.76. The van der Waals surface area contributed by atoms with Gasteiger partial charge in [-0.1, -0.05) is 0 Å². The number of carbonyl (C=O) groups excluding carboxylic acids is 1. The van der Waals surface area contributed by atoms with E-state index in [-0.39, 0.29) is 19.1 Å². The van der Waals surface area contributed by atoms with Gasteiger partial charge < -0.3 is 15.1 Å². The SMILES string of the molecule is CN(CCC#N)C(=O)CCN(CCO)CCO. The molecule has 0 bridgehead atoms. The van der Waals surface area contributed by atoms with Gasteiger partial charge in [0.2, 0.25) is 5.91 Å². The predicted octanol–water partition coefficient (Wildman–Crippen LogP) is -0.965. The van der Waals surface area contributed by atoms with Crippen molar-refractivity contribution in [3.8, 4) is 6.07 Å². The van der Waals surface area contributed by atoms with Crippen molar-refractivity contribution in [1.29, 1.82) is 5.26 Å². The van der Waals surface area contributed by atoms with Crippen LogP contribution in [0.5, 0.6) is 0 Å². The third kappa shape index (κ3) is 7.69. The summed E-state index contributed by atoms with van der Waals surface area (Å²) in [5.74, 6) is -0.0267. The van der Waals surface area contributed by atoms with E-state index in [2.05, 4.69) is 0 Å². The number of amides is 1. The lowest BCUT2D eigenvalue weighted by molar-refractivity contribution is -0.130. The molecule has 2 N–H and O–H groups in total. The van der Waals surface area contributed by atoms with Crippen LogP contribution in [0.25, 0.3) is 0 Å². The van der Waals surface area contributed by atoms with Crippen LogP contribution in [-0.2, 0) is 4.79 Å². The molecular weight excluding hydrogens is 222 g/mol. The second-order valence-corrected chi connectivity index (χ2v) is 3.76. The fourth-order valence-electron chi connectivity index (χ4n) is 1.41. The number of nitrogens with zero attached hydrogens (tertiary/aromatic N) is 3. The van der Waals surface area contributed by atoms with Crippen LogP contribution in [-0.4, -0.2) is 72.4 Å². The van der Waals surface area contributed by atoms with E-state index >= 15 is 0 Å². The Balaban J connectivity index is 3.90. The Labute approximate surface area is 102 Å². The largest absolute Gasteiger partial charge is 0.395 e. The molecule has 0 aliphatic carbocycles. The minimum Gasteiger partial charge on any atom is -0.395 e. The van der Waals surface area contributed by atoms with Crippen molar-refractivity contribution in [3.63, 3.8) is 0 Å². The monoisotopic (exact) mass is 243 g/mol. The Morgan fingerprint density at radius 3 is 2.24 bits per heavy atom. The number of hydrogen-bond donors (Lipinski definition) is 2. The van der Waals surface area contributed by atoms with Gasteiger partial charge in [0.1, 0.15) is 0 Å². The standard InChI is InChI=1S/C11H21N3O3/c1-13(5-2-4-12)11(17)3-6-14(7-9-15)8-10-16/h15-16H,2-3,5-10H2,1H3. The number of nitriles is 1. The van der Waals surface area contributed by atoms with Crippen LogP contribution in [0.2, 0.25) is 0 Å². The van der Waals surface area contributed by atoms with Gasteiger partial charge in [-0.3, -0.25) is 9.69 Å². The Morgan fingerprint density at radius 2 is 1.76 bits per heavy atom. The zero-order chi connectivity index (χ0) is 13.1. The zero-order valence-corrected chi connectivity index (χ0v) is 10.3. The summed E-state index contributed by atoms with van der Waals surface area (Å²) < 4.78 is 0. The molecule has 0 spiro atoms. The van der Waals surface area contributed by atoms with Gasteiger partial charge in [-0.05, 0) is 0 Å². The summed E-state index contributed by atoms with van der Waals surface area (Å²) in [7, 11) is 1.67. The number of aliphatic hydroxyl groups excluding tert-OH is 2. The number of aliphatic hydroxyl groups is 2. The molecule has 0 aliphatic rings. The van der Waals surface area contributed by atoms with E-state index in [9.17, 15) is 4.79 Å². The average Bonchev–Trinajstić information content (AvgIpc) is 2.33. The van der Waals surface area contributed by atoms with Gasteiger partial charge in [-0.2, -0.15) is 5.26 Å². The molecule has 0 unspecified atom stereocenters. The molecule has 6 heteroatoms. The molecule has 98 valence electrons. The summed E-state index contributed by atoms with van der Waals surface area (Å²) in [4.78, 5) is 15.0. The first kappa shape index (κ1) is 15.8. The van der Waals surface area contributed by atoms with E-state index in [4.69, 9.17) is 15.5 Å². The van der Waals surface area contributed by atoms with Gasteiger partial charge >= 0.3 is 0 Å². The minimum absolute atomic E-state index is 0.0124. The highest BCUT2D eigenvalue weighted by molar-refractivity contribution is 5.76. The van der Waals surface area contributed by atoms with Gasteiger partial charge in [0.15, 0.2) is 0 Å². The highest BCUT2D eigenvalue weighted by atomic mass is 16.3. The van der Waals surface area contributed by atoms with E-state index in [1.807, 2.05) is 11.0 Å². The number of hydrogen-bond acceptors (Lipinski definition) is 5. The lowest BCUT2D eigenvalue weighted by atomic mass is 10.3. The van der Waals surface area contributed by atoms with E-state index < -0.39 is 0 Å². The van der Waals surface area contributed by atoms with Gasteiger partial charge in [0.25, 0.3) is 0 Å². The van der Waals surface area contributed by atoms with E-state index in [1.54, 1.807) is 7.05 Å². The summed E-state index contributed by atoms with van der Waals surface area (Å²) in [5, 5.41) is 26.0. The molecule has 1 amide bonds. The van der Waals surface area contributed by atoms with Gasteiger partial charge in [0.05, 0.1) is 25.7 Å². The van der Waals surface area contributed by atoms with Crippen molar-refractivity contribution in [1.82, 2.24) is 9.80 Å². The van der Waals surface area contributed by atoms with Crippen LogP contribution in [0.1, 0.15) is 12.8 Å². The molecule has 0 aliphatic heterocycles. The highest BCUT2D eigenvalue weighted by Gasteiger charge is 2.11. The molecule has 0 saturated heterocycles. The normalized spacial score (nSPS) is 10.3. The fraction of sp³-hybridized carbons (Fsp3) is 0.818. The Kier molecular flexibility index (Phi) is 9.34. The maximum Gasteiger partial charge on any atom is 0.223 e. The third-order valence-corrected chi connectivity index (χ3v) is 2.46. The lowest BCUT2D eigenvalue weighted by Gasteiger charge is -2.21. The van der Waals surface area contributed by atoms with Crippen molar-refractivity contribution in [2.24, 2.45) is 0 Å². The maximum atomic E-state index is 11.6. The van der Waals surface area contributed by atoms with Crippen LogP contribution in [0.3, 0.4) is 0 Å². The van der Waals surface area contributed by atoms with Crippen LogP contribution >= 0.6 is 0 Å². The molecular formula is C11H21N3O3. The summed E-state index contributed by atoms with van der Waals surface area (Å²) in [6, 6.07) is 1.99. The third-order valence-electron chi connectivity index (χ3n) is 2.46. The Hall–Kier alpha value is -1.16. The fourth-order valence-corrected chi connectivity index (χ4v) is 1.41. The topological polar surface area (TPSA) is 87.8 Å². The van der Waals surface area contributed by atoms with Gasteiger partial charge in [-0.25, -0.2) is 0 Å². The van der Waals surface area contributed by atoms with Crippen molar-refractivity contribution < 1.29 is 15.0 Å². The van der Waals surface area contributed by atoms with Crippen molar-refractivity contribution in [2.75, 3.05) is 46.4 Å². The number of rotatable bonds is 9. The van der Waals surface area contributed by atoms with Gasteiger partial charge in [-0.15, -0.1) is 0 Å². The van der Waals surface area contributed by atoms with Crippen molar-refractivity contribution >= 4 is 5.91 Å². The van der Waals surface area contributed by atoms with Crippen LogP contribution in [0.15, 0.2) is 0 Å². The van der Waals surface area contributed by atoms with Gasteiger partial charge in [0, 0.05) is 39.6 Å². The molecule has 6 nitrogen and oxygen atoms in total. The number of carbonyl (C=O) groups is 1. The quantitative estimate of drug-likeness (QED) is 0.544. The molecule has 0 aromatic heterocycles. The molecule has 0 saturated carbocycles. The van der Waals surface area contributed by atoms with Crippen LogP contribution in [0.4, 0.5) is 0 Å². The van der Waals surface area contributed by atoms with E-state index in [0.29, 0.717) is 39.0 Å². The molecule has 0 aromatic rings.